The van der Waals surface area contributed by atoms with Gasteiger partial charge < -0.3 is 10.6 Å². The molecule has 1 saturated carbocycles. The van der Waals surface area contributed by atoms with Crippen LogP contribution in [0.4, 0.5) is 0 Å². The molecule has 4 atom stereocenters. The maximum Gasteiger partial charge on any atom is 0.249 e. The monoisotopic (exact) mass is 279 g/mol. The predicted octanol–water partition coefficient (Wildman–Crippen LogP) is -0.171. The van der Waals surface area contributed by atoms with E-state index in [-0.39, 0.29) is 23.8 Å². The molecule has 4 unspecified atom stereocenters. The zero-order valence-electron chi connectivity index (χ0n) is 11.5. The van der Waals surface area contributed by atoms with Gasteiger partial charge in [0.25, 0.3) is 0 Å². The third-order valence-corrected chi connectivity index (χ3v) is 4.73. The third kappa shape index (κ3) is 2.70. The first-order valence-electron chi connectivity index (χ1n) is 7.53. The van der Waals surface area contributed by atoms with E-state index in [4.69, 9.17) is 0 Å². The lowest BCUT2D eigenvalue weighted by Gasteiger charge is -2.24. The van der Waals surface area contributed by atoms with Gasteiger partial charge in [-0.25, -0.2) is 0 Å². The molecule has 0 aromatic rings. The minimum absolute atomic E-state index is 0.103. The van der Waals surface area contributed by atoms with Crippen molar-refractivity contribution in [1.29, 1.82) is 0 Å². The normalized spacial score (nSPS) is 37.2. The molecule has 0 radical (unpaired) electrons. The van der Waals surface area contributed by atoms with E-state index < -0.39 is 6.04 Å². The molecule has 6 heteroatoms. The maximum atomic E-state index is 12.2. The number of imide groups is 1. The molecule has 0 aromatic carbocycles. The Kier molecular flexibility index (Phi) is 3.74. The average molecular weight is 279 g/mol. The van der Waals surface area contributed by atoms with Crippen LogP contribution in [0.3, 0.4) is 0 Å². The van der Waals surface area contributed by atoms with Crippen LogP contribution in [0, 0.1) is 5.92 Å². The quantitative estimate of drug-likeness (QED) is 0.612. The van der Waals surface area contributed by atoms with Crippen molar-refractivity contribution in [3.63, 3.8) is 0 Å². The number of amides is 3. The lowest BCUT2D eigenvalue weighted by Crippen LogP contribution is -2.55. The van der Waals surface area contributed by atoms with Gasteiger partial charge in [-0.2, -0.15) is 0 Å². The van der Waals surface area contributed by atoms with Crippen LogP contribution >= 0.6 is 0 Å². The number of fused-ring (bicyclic) bond motifs is 1. The number of piperidine rings is 1. The van der Waals surface area contributed by atoms with Crippen LogP contribution < -0.4 is 16.0 Å². The first kappa shape index (κ1) is 13.5. The molecule has 110 valence electrons. The highest BCUT2D eigenvalue weighted by Gasteiger charge is 2.39. The van der Waals surface area contributed by atoms with Crippen molar-refractivity contribution in [2.24, 2.45) is 5.92 Å². The van der Waals surface area contributed by atoms with Crippen LogP contribution in [0.15, 0.2) is 0 Å². The van der Waals surface area contributed by atoms with Gasteiger partial charge in [-0.15, -0.1) is 0 Å². The number of nitrogens with one attached hydrogen (secondary N) is 3. The van der Waals surface area contributed by atoms with Gasteiger partial charge in [-0.3, -0.25) is 19.7 Å². The molecule has 2 saturated heterocycles. The lowest BCUT2D eigenvalue weighted by molar-refractivity contribution is -0.137. The highest BCUT2D eigenvalue weighted by Crippen LogP contribution is 2.33. The lowest BCUT2D eigenvalue weighted by atomic mass is 9.85. The second kappa shape index (κ2) is 5.52. The van der Waals surface area contributed by atoms with Gasteiger partial charge in [-0.05, 0) is 31.6 Å². The van der Waals surface area contributed by atoms with E-state index in [1.807, 2.05) is 0 Å². The second-order valence-electron chi connectivity index (χ2n) is 6.12. The summed E-state index contributed by atoms with van der Waals surface area (Å²) in [6.07, 6.45) is 6.38. The number of hydrogen-bond donors (Lipinski definition) is 3. The number of carbonyl (C=O) groups excluding carboxylic acids is 3. The average Bonchev–Trinajstić information content (AvgIpc) is 2.86. The second-order valence-corrected chi connectivity index (χ2v) is 6.12. The molecule has 3 aliphatic rings. The van der Waals surface area contributed by atoms with Gasteiger partial charge in [-0.1, -0.05) is 12.8 Å². The molecule has 6 nitrogen and oxygen atoms in total. The topological polar surface area (TPSA) is 87.3 Å². The highest BCUT2D eigenvalue weighted by atomic mass is 16.2. The molecule has 0 bridgehead atoms. The molecule has 1 aliphatic carbocycles. The third-order valence-electron chi connectivity index (χ3n) is 4.73. The summed E-state index contributed by atoms with van der Waals surface area (Å²) in [4.78, 5) is 35.0. The molecule has 20 heavy (non-hydrogen) atoms. The summed E-state index contributed by atoms with van der Waals surface area (Å²) < 4.78 is 0. The van der Waals surface area contributed by atoms with Gasteiger partial charge in [0.15, 0.2) is 0 Å². The summed E-state index contributed by atoms with van der Waals surface area (Å²) in [5.41, 5.74) is 0. The molecule has 2 heterocycles. The molecule has 0 aromatic heterocycles. The molecule has 3 N–H and O–H groups in total. The Morgan fingerprint density at radius 2 is 1.95 bits per heavy atom. The fraction of sp³-hybridized carbons (Fsp3) is 0.786. The van der Waals surface area contributed by atoms with E-state index in [0.717, 1.165) is 12.8 Å². The molecule has 0 spiro atoms. The summed E-state index contributed by atoms with van der Waals surface area (Å²) in [7, 11) is 0. The Balaban J connectivity index is 1.54. The van der Waals surface area contributed by atoms with Gasteiger partial charge >= 0.3 is 0 Å². The Labute approximate surface area is 118 Å². The fourth-order valence-electron chi connectivity index (χ4n) is 3.62. The Morgan fingerprint density at radius 1 is 1.15 bits per heavy atom. The van der Waals surface area contributed by atoms with Crippen LogP contribution in [0.5, 0.6) is 0 Å². The van der Waals surface area contributed by atoms with Crippen LogP contribution in [-0.4, -0.2) is 35.8 Å². The first-order chi connectivity index (χ1) is 9.63. The molecule has 2 aliphatic heterocycles. The summed E-state index contributed by atoms with van der Waals surface area (Å²) in [5.74, 6) is -0.148. The van der Waals surface area contributed by atoms with Gasteiger partial charge in [0, 0.05) is 12.5 Å². The Bertz CT molecular complexity index is 423. The van der Waals surface area contributed by atoms with Crippen LogP contribution in [0.1, 0.15) is 44.9 Å². The molecular formula is C14H21N3O3. The van der Waals surface area contributed by atoms with E-state index >= 15 is 0 Å². The van der Waals surface area contributed by atoms with Crippen molar-refractivity contribution >= 4 is 17.7 Å². The van der Waals surface area contributed by atoms with Crippen molar-refractivity contribution in [1.82, 2.24) is 16.0 Å². The number of rotatable bonds is 2. The van der Waals surface area contributed by atoms with Crippen molar-refractivity contribution < 1.29 is 14.4 Å². The largest absolute Gasteiger partial charge is 0.343 e. The molecule has 3 amide bonds. The Hall–Kier alpha value is -1.43. The summed E-state index contributed by atoms with van der Waals surface area (Å²) in [6.45, 7) is 0. The standard InChI is InChI=1S/C14H21N3O3/c18-12-6-5-10(13(19)17-12)16-14(20)11-7-8-3-1-2-4-9(8)15-11/h8-11,15H,1-7H2,(H,16,20)(H,17,18,19). The smallest absolute Gasteiger partial charge is 0.249 e. The summed E-state index contributed by atoms with van der Waals surface area (Å²) in [6, 6.07) is -0.292. The first-order valence-corrected chi connectivity index (χ1v) is 7.53. The van der Waals surface area contributed by atoms with Crippen molar-refractivity contribution in [3.05, 3.63) is 0 Å². The summed E-state index contributed by atoms with van der Waals surface area (Å²) in [5, 5.41) is 8.43. The van der Waals surface area contributed by atoms with Crippen LogP contribution in [0.25, 0.3) is 0 Å². The minimum Gasteiger partial charge on any atom is -0.343 e. The van der Waals surface area contributed by atoms with E-state index in [0.29, 0.717) is 24.8 Å². The predicted molar refractivity (Wildman–Crippen MR) is 71.6 cm³/mol. The SMILES string of the molecule is O=C1CCC(NC(=O)C2CC3CCCCC3N2)C(=O)N1. The van der Waals surface area contributed by atoms with E-state index in [1.165, 1.54) is 19.3 Å². The maximum absolute atomic E-state index is 12.2. The van der Waals surface area contributed by atoms with Crippen molar-refractivity contribution in [3.8, 4) is 0 Å². The van der Waals surface area contributed by atoms with Crippen molar-refractivity contribution in [2.75, 3.05) is 0 Å². The van der Waals surface area contributed by atoms with E-state index in [1.54, 1.807) is 0 Å². The molecule has 3 fully saturated rings. The van der Waals surface area contributed by atoms with Gasteiger partial charge in [0.05, 0.1) is 6.04 Å². The zero-order valence-corrected chi connectivity index (χ0v) is 11.5. The summed E-state index contributed by atoms with van der Waals surface area (Å²) >= 11 is 0. The van der Waals surface area contributed by atoms with Crippen molar-refractivity contribution in [2.45, 2.75) is 63.1 Å². The number of hydrogen-bond acceptors (Lipinski definition) is 4. The van der Waals surface area contributed by atoms with Gasteiger partial charge in [0.2, 0.25) is 17.7 Å². The van der Waals surface area contributed by atoms with Crippen LogP contribution in [-0.2, 0) is 14.4 Å². The van der Waals surface area contributed by atoms with Crippen LogP contribution in [0.2, 0.25) is 0 Å². The number of carbonyl (C=O) groups is 3. The fourth-order valence-corrected chi connectivity index (χ4v) is 3.62. The van der Waals surface area contributed by atoms with Gasteiger partial charge in [0.1, 0.15) is 6.04 Å². The minimum atomic E-state index is -0.565. The highest BCUT2D eigenvalue weighted by molar-refractivity contribution is 6.02. The molecular weight excluding hydrogens is 258 g/mol. The molecule has 3 rings (SSSR count). The zero-order chi connectivity index (χ0) is 14.1. The Morgan fingerprint density at radius 3 is 2.70 bits per heavy atom. The van der Waals surface area contributed by atoms with E-state index in [2.05, 4.69) is 16.0 Å². The van der Waals surface area contributed by atoms with E-state index in [9.17, 15) is 14.4 Å².